The molecule has 0 amide bonds. The largest absolute Gasteiger partial charge is 0.461 e. The van der Waals surface area contributed by atoms with Crippen molar-refractivity contribution in [3.8, 4) is 0 Å². The Kier molecular flexibility index (Phi) is 5.01. The number of aromatic nitrogens is 2. The molecule has 0 aliphatic heterocycles. The van der Waals surface area contributed by atoms with Crippen molar-refractivity contribution in [2.75, 3.05) is 12.3 Å². The highest BCUT2D eigenvalue weighted by Gasteiger charge is 2.14. The molecule has 0 unspecified atom stereocenters. The fraction of sp³-hybridized carbons (Fsp3) is 0.500. The maximum absolute atomic E-state index is 11.2. The number of nitrogens with zero attached hydrogens (tertiary/aromatic N) is 2. The summed E-state index contributed by atoms with van der Waals surface area (Å²) in [5.41, 5.74) is 6.12. The van der Waals surface area contributed by atoms with Gasteiger partial charge >= 0.3 is 5.97 Å². The van der Waals surface area contributed by atoms with E-state index in [1.165, 1.54) is 0 Å². The molecule has 0 saturated carbocycles. The lowest BCUT2D eigenvalue weighted by Gasteiger charge is -1.97. The number of carbonyl (C=O) groups is 1. The normalized spacial score (nSPS) is 9.29. The monoisotopic (exact) mass is 219 g/mol. The van der Waals surface area contributed by atoms with Crippen LogP contribution in [0.5, 0.6) is 0 Å². The SMILES string of the molecule is CCOC(=O)c1nn(CC)cc1N.Cl. The summed E-state index contributed by atoms with van der Waals surface area (Å²) in [6.45, 7) is 4.67. The first kappa shape index (κ1) is 12.8. The molecule has 0 fully saturated rings. The van der Waals surface area contributed by atoms with Gasteiger partial charge in [0, 0.05) is 12.7 Å². The fourth-order valence-electron chi connectivity index (χ4n) is 0.957. The number of nitrogen functional groups attached to an aromatic ring is 1. The summed E-state index contributed by atoms with van der Waals surface area (Å²) in [6.07, 6.45) is 1.62. The van der Waals surface area contributed by atoms with Crippen molar-refractivity contribution in [3.63, 3.8) is 0 Å². The first-order chi connectivity index (χ1) is 6.19. The predicted octanol–water partition coefficient (Wildman–Crippen LogP) is 1.08. The maximum atomic E-state index is 11.2. The molecule has 1 aromatic rings. The minimum Gasteiger partial charge on any atom is -0.461 e. The molecule has 80 valence electrons. The van der Waals surface area contributed by atoms with Gasteiger partial charge < -0.3 is 10.5 Å². The molecule has 14 heavy (non-hydrogen) atoms. The van der Waals surface area contributed by atoms with Crippen molar-refractivity contribution in [2.24, 2.45) is 0 Å². The average molecular weight is 220 g/mol. The van der Waals surface area contributed by atoms with Crippen LogP contribution in [-0.4, -0.2) is 22.4 Å². The molecule has 0 saturated heterocycles. The van der Waals surface area contributed by atoms with E-state index in [4.69, 9.17) is 10.5 Å². The smallest absolute Gasteiger partial charge is 0.361 e. The van der Waals surface area contributed by atoms with Gasteiger partial charge in [0.05, 0.1) is 12.3 Å². The maximum Gasteiger partial charge on any atom is 0.361 e. The van der Waals surface area contributed by atoms with Gasteiger partial charge in [0.15, 0.2) is 5.69 Å². The lowest BCUT2D eigenvalue weighted by Crippen LogP contribution is -2.08. The number of hydrogen-bond donors (Lipinski definition) is 1. The number of carbonyl (C=O) groups excluding carboxylic acids is 1. The van der Waals surface area contributed by atoms with Crippen molar-refractivity contribution in [3.05, 3.63) is 11.9 Å². The fourth-order valence-corrected chi connectivity index (χ4v) is 0.957. The molecule has 0 aromatic carbocycles. The van der Waals surface area contributed by atoms with Gasteiger partial charge in [0.1, 0.15) is 0 Å². The number of rotatable bonds is 3. The molecule has 2 N–H and O–H groups in total. The quantitative estimate of drug-likeness (QED) is 0.773. The molecule has 0 radical (unpaired) electrons. The van der Waals surface area contributed by atoms with Gasteiger partial charge in [-0.15, -0.1) is 12.4 Å². The number of ether oxygens (including phenoxy) is 1. The van der Waals surface area contributed by atoms with E-state index in [0.29, 0.717) is 18.8 Å². The third-order valence-corrected chi connectivity index (χ3v) is 1.58. The van der Waals surface area contributed by atoms with Crippen LogP contribution in [0.3, 0.4) is 0 Å². The van der Waals surface area contributed by atoms with Crippen LogP contribution in [0.1, 0.15) is 24.3 Å². The Hall–Kier alpha value is -1.23. The summed E-state index contributed by atoms with van der Waals surface area (Å²) in [6, 6.07) is 0. The molecular weight excluding hydrogens is 206 g/mol. The zero-order valence-electron chi connectivity index (χ0n) is 8.19. The molecule has 1 aromatic heterocycles. The number of halogens is 1. The molecule has 6 heteroatoms. The van der Waals surface area contributed by atoms with Gasteiger partial charge in [0.2, 0.25) is 0 Å². The predicted molar refractivity (Wildman–Crippen MR) is 55.5 cm³/mol. The highest BCUT2D eigenvalue weighted by atomic mass is 35.5. The van der Waals surface area contributed by atoms with Crippen LogP contribution >= 0.6 is 12.4 Å². The van der Waals surface area contributed by atoms with Crippen LogP contribution in [0.25, 0.3) is 0 Å². The molecule has 0 aliphatic rings. The van der Waals surface area contributed by atoms with Gasteiger partial charge in [-0.25, -0.2) is 4.79 Å². The van der Waals surface area contributed by atoms with E-state index < -0.39 is 5.97 Å². The topological polar surface area (TPSA) is 70.1 Å². The second kappa shape index (κ2) is 5.49. The highest BCUT2D eigenvalue weighted by molar-refractivity contribution is 5.92. The Morgan fingerprint density at radius 3 is 2.71 bits per heavy atom. The Labute approximate surface area is 88.6 Å². The van der Waals surface area contributed by atoms with E-state index in [0.717, 1.165) is 0 Å². The van der Waals surface area contributed by atoms with E-state index in [1.54, 1.807) is 17.8 Å². The minimum atomic E-state index is -0.466. The van der Waals surface area contributed by atoms with Crippen molar-refractivity contribution < 1.29 is 9.53 Å². The first-order valence-corrected chi connectivity index (χ1v) is 4.19. The summed E-state index contributed by atoms with van der Waals surface area (Å²) >= 11 is 0. The van der Waals surface area contributed by atoms with Crippen LogP contribution in [0, 0.1) is 0 Å². The van der Waals surface area contributed by atoms with E-state index >= 15 is 0 Å². The van der Waals surface area contributed by atoms with Crippen LogP contribution in [-0.2, 0) is 11.3 Å². The van der Waals surface area contributed by atoms with E-state index in [-0.39, 0.29) is 18.1 Å². The number of anilines is 1. The summed E-state index contributed by atoms with van der Waals surface area (Å²) in [5.74, 6) is -0.466. The van der Waals surface area contributed by atoms with Crippen molar-refractivity contribution in [2.45, 2.75) is 20.4 Å². The Morgan fingerprint density at radius 2 is 2.29 bits per heavy atom. The summed E-state index contributed by atoms with van der Waals surface area (Å²) in [5, 5.41) is 3.96. The Balaban J connectivity index is 0.00000169. The van der Waals surface area contributed by atoms with E-state index in [1.807, 2.05) is 6.92 Å². The van der Waals surface area contributed by atoms with Crippen LogP contribution in [0.2, 0.25) is 0 Å². The standard InChI is InChI=1S/C8H13N3O2.ClH/c1-3-11-5-6(9)7(10-11)8(12)13-4-2;/h5H,3-4,9H2,1-2H3;1H. The molecule has 1 rings (SSSR count). The molecule has 5 nitrogen and oxygen atoms in total. The molecule has 0 bridgehead atoms. The van der Waals surface area contributed by atoms with Crippen molar-refractivity contribution >= 4 is 24.1 Å². The van der Waals surface area contributed by atoms with Gasteiger partial charge in [-0.1, -0.05) is 0 Å². The number of hydrogen-bond acceptors (Lipinski definition) is 4. The summed E-state index contributed by atoms with van der Waals surface area (Å²) in [7, 11) is 0. The number of esters is 1. The number of nitrogens with two attached hydrogens (primary N) is 1. The van der Waals surface area contributed by atoms with E-state index in [9.17, 15) is 4.79 Å². The second-order valence-electron chi connectivity index (χ2n) is 2.51. The van der Waals surface area contributed by atoms with E-state index in [2.05, 4.69) is 5.10 Å². The Bertz CT molecular complexity index is 312. The summed E-state index contributed by atoms with van der Waals surface area (Å²) < 4.78 is 6.37. The van der Waals surface area contributed by atoms with Crippen molar-refractivity contribution in [1.82, 2.24) is 9.78 Å². The minimum absolute atomic E-state index is 0. The lowest BCUT2D eigenvalue weighted by atomic mass is 10.4. The molecule has 1 heterocycles. The van der Waals surface area contributed by atoms with Gasteiger partial charge in [-0.05, 0) is 13.8 Å². The molecule has 0 aliphatic carbocycles. The Morgan fingerprint density at radius 1 is 1.64 bits per heavy atom. The zero-order valence-corrected chi connectivity index (χ0v) is 9.00. The van der Waals surface area contributed by atoms with Gasteiger partial charge in [-0.3, -0.25) is 4.68 Å². The van der Waals surface area contributed by atoms with Crippen LogP contribution < -0.4 is 5.73 Å². The van der Waals surface area contributed by atoms with Gasteiger partial charge in [-0.2, -0.15) is 5.10 Å². The van der Waals surface area contributed by atoms with Crippen molar-refractivity contribution in [1.29, 1.82) is 0 Å². The molecule has 0 atom stereocenters. The molecule has 0 spiro atoms. The first-order valence-electron chi connectivity index (χ1n) is 4.19. The zero-order chi connectivity index (χ0) is 9.84. The highest BCUT2D eigenvalue weighted by Crippen LogP contribution is 2.09. The molecular formula is C8H14ClN3O2. The second-order valence-corrected chi connectivity index (χ2v) is 2.51. The third-order valence-electron chi connectivity index (χ3n) is 1.58. The number of aryl methyl sites for hydroxylation is 1. The average Bonchev–Trinajstić information content (AvgIpc) is 2.47. The third kappa shape index (κ3) is 2.63. The van der Waals surface area contributed by atoms with Crippen LogP contribution in [0.15, 0.2) is 6.20 Å². The summed E-state index contributed by atoms with van der Waals surface area (Å²) in [4.78, 5) is 11.2. The van der Waals surface area contributed by atoms with Gasteiger partial charge in [0.25, 0.3) is 0 Å². The lowest BCUT2D eigenvalue weighted by molar-refractivity contribution is 0.0519. The van der Waals surface area contributed by atoms with Crippen LogP contribution in [0.4, 0.5) is 5.69 Å².